The molecule has 0 spiro atoms. The van der Waals surface area contributed by atoms with Gasteiger partial charge in [-0.25, -0.2) is 18.2 Å². The molecule has 1 aliphatic rings. The number of rotatable bonds is 10. The number of halogens is 1. The van der Waals surface area contributed by atoms with Crippen LogP contribution in [-0.2, 0) is 10.0 Å². The Kier molecular flexibility index (Phi) is 8.20. The predicted molar refractivity (Wildman–Crippen MR) is 159 cm³/mol. The van der Waals surface area contributed by atoms with E-state index in [1.165, 1.54) is 22.5 Å². The van der Waals surface area contributed by atoms with Crippen molar-refractivity contribution >= 4 is 49.8 Å². The Balaban J connectivity index is 1.28. The van der Waals surface area contributed by atoms with Gasteiger partial charge >= 0.3 is 6.03 Å². The molecular formula is C29H29ClN4O3S2. The second kappa shape index (κ2) is 11.8. The first kappa shape index (κ1) is 27.2. The number of anilines is 2. The minimum absolute atomic E-state index is 0.0141. The standard InChI is InChI=1S/C29H29ClN4O3S2/c1-39(36,37)34-23-16-14-22(15-17-23)26-27(30)38-29(32-26)33-28(35)31-25(21-12-13-21)18-24(19-8-4-2-5-9-19)20-10-6-3-7-11-20/h2-11,14-17,21,24-25,34H,12-13,18H2,1H3,(H2,31,32,33,35). The van der Waals surface area contributed by atoms with Crippen molar-refractivity contribution in [1.29, 1.82) is 0 Å². The highest BCUT2D eigenvalue weighted by molar-refractivity contribution is 7.92. The lowest BCUT2D eigenvalue weighted by molar-refractivity contribution is 0.245. The van der Waals surface area contributed by atoms with Gasteiger partial charge in [0.15, 0.2) is 5.13 Å². The summed E-state index contributed by atoms with van der Waals surface area (Å²) in [5, 5.41) is 6.46. The number of carbonyl (C=O) groups excluding carboxylic acids is 1. The molecule has 2 amide bonds. The van der Waals surface area contributed by atoms with Crippen LogP contribution in [0, 0.1) is 5.92 Å². The summed E-state index contributed by atoms with van der Waals surface area (Å²) in [4.78, 5) is 17.6. The van der Waals surface area contributed by atoms with Crippen molar-refractivity contribution in [1.82, 2.24) is 10.3 Å². The van der Waals surface area contributed by atoms with Crippen LogP contribution in [0.15, 0.2) is 84.9 Å². The maximum Gasteiger partial charge on any atom is 0.321 e. The summed E-state index contributed by atoms with van der Waals surface area (Å²) in [6, 6.07) is 27.3. The van der Waals surface area contributed by atoms with Gasteiger partial charge in [-0.1, -0.05) is 95.7 Å². The van der Waals surface area contributed by atoms with Gasteiger partial charge in [0, 0.05) is 23.2 Å². The SMILES string of the molecule is CS(=O)(=O)Nc1ccc(-c2nc(NC(=O)NC(CC(c3ccccc3)c3ccccc3)C3CC3)sc2Cl)cc1. The van der Waals surface area contributed by atoms with Crippen LogP contribution in [0.1, 0.15) is 36.3 Å². The van der Waals surface area contributed by atoms with Crippen LogP contribution in [0.4, 0.5) is 15.6 Å². The van der Waals surface area contributed by atoms with Crippen molar-refractivity contribution in [2.45, 2.75) is 31.2 Å². The number of nitrogens with zero attached hydrogens (tertiary/aromatic N) is 1. The minimum atomic E-state index is -3.37. The largest absolute Gasteiger partial charge is 0.335 e. The fourth-order valence-electron chi connectivity index (χ4n) is 4.70. The van der Waals surface area contributed by atoms with Crippen LogP contribution in [0.5, 0.6) is 0 Å². The zero-order valence-corrected chi connectivity index (χ0v) is 23.7. The van der Waals surface area contributed by atoms with Gasteiger partial charge in [0.25, 0.3) is 0 Å². The van der Waals surface area contributed by atoms with Gasteiger partial charge in [-0.2, -0.15) is 0 Å². The third-order valence-corrected chi connectivity index (χ3v) is 8.45. The molecule has 0 radical (unpaired) electrons. The summed E-state index contributed by atoms with van der Waals surface area (Å²) < 4.78 is 25.8. The Morgan fingerprint density at radius 2 is 1.56 bits per heavy atom. The van der Waals surface area contributed by atoms with E-state index in [-0.39, 0.29) is 18.0 Å². The van der Waals surface area contributed by atoms with Gasteiger partial charge < -0.3 is 5.32 Å². The average Bonchev–Trinajstić information content (AvgIpc) is 3.70. The Hall–Kier alpha value is -3.40. The Bertz CT molecular complexity index is 1480. The Morgan fingerprint density at radius 1 is 0.974 bits per heavy atom. The molecule has 1 aliphatic carbocycles. The van der Waals surface area contributed by atoms with Gasteiger partial charge in [0.2, 0.25) is 10.0 Å². The van der Waals surface area contributed by atoms with Crippen LogP contribution in [0.3, 0.4) is 0 Å². The third kappa shape index (κ3) is 7.38. The van der Waals surface area contributed by atoms with Crippen molar-refractivity contribution in [3.63, 3.8) is 0 Å². The fourth-order valence-corrected chi connectivity index (χ4v) is 6.35. The first-order chi connectivity index (χ1) is 18.7. The molecule has 3 N–H and O–H groups in total. The molecule has 0 aliphatic heterocycles. The normalized spacial score (nSPS) is 14.1. The number of aromatic nitrogens is 1. The number of hydrogen-bond donors (Lipinski definition) is 3. The summed E-state index contributed by atoms with van der Waals surface area (Å²) in [6.45, 7) is 0. The van der Waals surface area contributed by atoms with Crippen LogP contribution in [0.2, 0.25) is 4.34 Å². The zero-order chi connectivity index (χ0) is 27.4. The highest BCUT2D eigenvalue weighted by Gasteiger charge is 2.35. The van der Waals surface area contributed by atoms with Crippen molar-refractivity contribution in [3.8, 4) is 11.3 Å². The van der Waals surface area contributed by atoms with E-state index in [4.69, 9.17) is 11.6 Å². The first-order valence-electron chi connectivity index (χ1n) is 12.7. The lowest BCUT2D eigenvalue weighted by Gasteiger charge is -2.25. The molecule has 39 heavy (non-hydrogen) atoms. The molecule has 3 aromatic carbocycles. The maximum absolute atomic E-state index is 13.1. The van der Waals surface area contributed by atoms with Crippen molar-refractivity contribution in [2.75, 3.05) is 16.3 Å². The molecule has 10 heteroatoms. The first-order valence-corrected chi connectivity index (χ1v) is 15.8. The van der Waals surface area contributed by atoms with E-state index in [0.29, 0.717) is 32.3 Å². The van der Waals surface area contributed by atoms with E-state index in [1.807, 2.05) is 12.1 Å². The van der Waals surface area contributed by atoms with Gasteiger partial charge in [0.05, 0.1) is 6.26 Å². The van der Waals surface area contributed by atoms with E-state index in [1.54, 1.807) is 24.3 Å². The number of sulfonamides is 1. The summed E-state index contributed by atoms with van der Waals surface area (Å²) >= 11 is 7.63. The van der Waals surface area contributed by atoms with Gasteiger partial charge in [-0.15, -0.1) is 0 Å². The Morgan fingerprint density at radius 3 is 2.10 bits per heavy atom. The number of benzene rings is 3. The number of thiazole rings is 1. The summed E-state index contributed by atoms with van der Waals surface area (Å²) in [6.07, 6.45) is 4.08. The highest BCUT2D eigenvalue weighted by atomic mass is 35.5. The van der Waals surface area contributed by atoms with Crippen LogP contribution >= 0.6 is 22.9 Å². The van der Waals surface area contributed by atoms with Gasteiger partial charge in [0.1, 0.15) is 10.0 Å². The quantitative estimate of drug-likeness (QED) is 0.189. The van der Waals surface area contributed by atoms with Gasteiger partial charge in [-0.3, -0.25) is 10.0 Å². The molecule has 7 nitrogen and oxygen atoms in total. The summed E-state index contributed by atoms with van der Waals surface area (Å²) in [7, 11) is -3.37. The summed E-state index contributed by atoms with van der Waals surface area (Å²) in [5.74, 6) is 0.611. The second-order valence-corrected chi connectivity index (χ2v) is 13.1. The monoisotopic (exact) mass is 580 g/mol. The van der Waals surface area contributed by atoms with Crippen LogP contribution in [-0.4, -0.2) is 31.7 Å². The molecular weight excluding hydrogens is 552 g/mol. The Labute approximate surface area is 237 Å². The zero-order valence-electron chi connectivity index (χ0n) is 21.3. The smallest absolute Gasteiger partial charge is 0.321 e. The molecule has 1 unspecified atom stereocenters. The van der Waals surface area contributed by atoms with E-state index in [2.05, 4.69) is 68.9 Å². The molecule has 202 valence electrons. The van der Waals surface area contributed by atoms with Crippen molar-refractivity contribution in [2.24, 2.45) is 5.92 Å². The molecule has 0 saturated heterocycles. The lowest BCUT2D eigenvalue weighted by Crippen LogP contribution is -2.40. The fraction of sp³-hybridized carbons (Fsp3) is 0.241. The molecule has 1 aromatic heterocycles. The van der Waals surface area contributed by atoms with Crippen molar-refractivity contribution < 1.29 is 13.2 Å². The third-order valence-electron chi connectivity index (χ3n) is 6.67. The lowest BCUT2D eigenvalue weighted by atomic mass is 9.85. The van der Waals surface area contributed by atoms with E-state index in [9.17, 15) is 13.2 Å². The molecule has 1 fully saturated rings. The number of amides is 2. The second-order valence-electron chi connectivity index (χ2n) is 9.74. The molecule has 0 bridgehead atoms. The average molecular weight is 581 g/mol. The molecule has 5 rings (SSSR count). The number of carbonyl (C=O) groups is 1. The van der Waals surface area contributed by atoms with Crippen LogP contribution in [0.25, 0.3) is 11.3 Å². The number of hydrogen-bond acceptors (Lipinski definition) is 5. The molecule has 1 saturated carbocycles. The minimum Gasteiger partial charge on any atom is -0.335 e. The van der Waals surface area contributed by atoms with Crippen molar-refractivity contribution in [3.05, 3.63) is 100 Å². The van der Waals surface area contributed by atoms with Crippen LogP contribution < -0.4 is 15.4 Å². The van der Waals surface area contributed by atoms with E-state index >= 15 is 0 Å². The molecule has 1 heterocycles. The molecule has 4 aromatic rings. The number of nitrogens with one attached hydrogen (secondary N) is 3. The summed E-state index contributed by atoms with van der Waals surface area (Å²) in [5.41, 5.74) is 4.14. The van der Waals surface area contributed by atoms with E-state index < -0.39 is 10.0 Å². The predicted octanol–water partition coefficient (Wildman–Crippen LogP) is 6.96. The molecule has 1 atom stereocenters. The maximum atomic E-state index is 13.1. The van der Waals surface area contributed by atoms with E-state index in [0.717, 1.165) is 25.5 Å². The highest BCUT2D eigenvalue weighted by Crippen LogP contribution is 2.40. The number of urea groups is 1. The van der Waals surface area contributed by atoms with Gasteiger partial charge in [-0.05, 0) is 48.4 Å². The topological polar surface area (TPSA) is 100 Å².